The number of hydrogen-bond donors (Lipinski definition) is 0. The van der Waals surface area contributed by atoms with E-state index in [4.69, 9.17) is 4.74 Å². The highest BCUT2D eigenvalue weighted by Crippen LogP contribution is 2.28. The Morgan fingerprint density at radius 2 is 1.83 bits per heavy atom. The first-order chi connectivity index (χ1) is 10.9. The maximum atomic E-state index is 12.0. The summed E-state index contributed by atoms with van der Waals surface area (Å²) < 4.78 is 33.3. The molecule has 2 aromatic carbocycles. The van der Waals surface area contributed by atoms with E-state index < -0.39 is 17.5 Å². The van der Waals surface area contributed by atoms with E-state index in [0.29, 0.717) is 5.56 Å². The van der Waals surface area contributed by atoms with Gasteiger partial charge in [-0.15, -0.1) is 0 Å². The zero-order valence-corrected chi connectivity index (χ0v) is 11.9. The van der Waals surface area contributed by atoms with Gasteiger partial charge in [0.15, 0.2) is 0 Å². The fraction of sp³-hybridized carbons (Fsp3) is 0.133. The number of aryl methyl sites for hydroxylation is 1. The van der Waals surface area contributed by atoms with Crippen LogP contribution in [0.2, 0.25) is 0 Å². The summed E-state index contributed by atoms with van der Waals surface area (Å²) in [4.78, 5) is 22.3. The zero-order chi connectivity index (χ0) is 17.0. The molecule has 0 radical (unpaired) electrons. The van der Waals surface area contributed by atoms with E-state index in [1.807, 2.05) is 0 Å². The highest BCUT2D eigenvalue weighted by molar-refractivity contribution is 5.91. The topological polar surface area (TPSA) is 78.7 Å². The van der Waals surface area contributed by atoms with Gasteiger partial charge in [0, 0.05) is 6.07 Å². The number of esters is 1. The van der Waals surface area contributed by atoms with Crippen LogP contribution in [-0.2, 0) is 0 Å². The molecular weight excluding hydrogens is 312 g/mol. The van der Waals surface area contributed by atoms with Crippen molar-refractivity contribution in [1.29, 1.82) is 0 Å². The predicted molar refractivity (Wildman–Crippen MR) is 75.9 cm³/mol. The summed E-state index contributed by atoms with van der Waals surface area (Å²) in [5.74, 6) is -1.15. The van der Waals surface area contributed by atoms with Gasteiger partial charge < -0.3 is 9.47 Å². The van der Waals surface area contributed by atoms with Crippen molar-refractivity contribution in [3.05, 3.63) is 63.7 Å². The van der Waals surface area contributed by atoms with E-state index >= 15 is 0 Å². The first kappa shape index (κ1) is 16.3. The molecule has 0 atom stereocenters. The fourth-order valence-electron chi connectivity index (χ4n) is 1.79. The van der Waals surface area contributed by atoms with Crippen LogP contribution in [0.25, 0.3) is 0 Å². The van der Waals surface area contributed by atoms with Crippen molar-refractivity contribution in [3.63, 3.8) is 0 Å². The normalized spacial score (nSPS) is 10.4. The molecular formula is C15H11F2NO5. The molecule has 0 aliphatic heterocycles. The van der Waals surface area contributed by atoms with Crippen LogP contribution in [0.15, 0.2) is 42.5 Å². The second kappa shape index (κ2) is 6.82. The van der Waals surface area contributed by atoms with Crippen molar-refractivity contribution in [3.8, 4) is 11.5 Å². The molecule has 0 saturated carbocycles. The Kier molecular flexibility index (Phi) is 4.85. The quantitative estimate of drug-likeness (QED) is 0.362. The third-order valence-corrected chi connectivity index (χ3v) is 2.83. The van der Waals surface area contributed by atoms with Gasteiger partial charge in [0.2, 0.25) is 5.75 Å². The van der Waals surface area contributed by atoms with E-state index in [2.05, 4.69) is 4.74 Å². The minimum absolute atomic E-state index is 0.0439. The monoisotopic (exact) mass is 323 g/mol. The van der Waals surface area contributed by atoms with Crippen LogP contribution >= 0.6 is 0 Å². The van der Waals surface area contributed by atoms with Crippen LogP contribution in [0.3, 0.4) is 0 Å². The van der Waals surface area contributed by atoms with E-state index in [-0.39, 0.29) is 22.7 Å². The van der Waals surface area contributed by atoms with Crippen LogP contribution < -0.4 is 9.47 Å². The molecule has 8 heteroatoms. The van der Waals surface area contributed by atoms with E-state index in [1.165, 1.54) is 42.5 Å². The maximum Gasteiger partial charge on any atom is 0.387 e. The summed E-state index contributed by atoms with van der Waals surface area (Å²) in [6.45, 7) is -1.28. The first-order valence-corrected chi connectivity index (χ1v) is 6.39. The van der Waals surface area contributed by atoms with Gasteiger partial charge in [-0.25, -0.2) is 4.79 Å². The van der Waals surface area contributed by atoms with Crippen LogP contribution in [0.4, 0.5) is 14.5 Å². The summed E-state index contributed by atoms with van der Waals surface area (Å²) in [6, 6.07) is 8.91. The van der Waals surface area contributed by atoms with E-state index in [1.54, 1.807) is 6.92 Å². The molecule has 0 saturated heterocycles. The fourth-order valence-corrected chi connectivity index (χ4v) is 1.79. The van der Waals surface area contributed by atoms with Gasteiger partial charge in [0.05, 0.1) is 10.5 Å². The Labute approximate surface area is 129 Å². The Hall–Kier alpha value is -3.03. The molecule has 0 amide bonds. The standard InChI is InChI=1S/C15H11F2NO5/c1-9-2-7-12(18(20)21)13(8-9)23-14(19)10-3-5-11(6-4-10)22-15(16)17/h2-8,15H,1H3. The number of benzene rings is 2. The molecule has 0 unspecified atom stereocenters. The smallest absolute Gasteiger partial charge is 0.387 e. The minimum atomic E-state index is -2.97. The lowest BCUT2D eigenvalue weighted by Crippen LogP contribution is -2.10. The molecule has 0 N–H and O–H groups in total. The lowest BCUT2D eigenvalue weighted by molar-refractivity contribution is -0.385. The second-order valence-electron chi connectivity index (χ2n) is 4.52. The van der Waals surface area contributed by atoms with Gasteiger partial charge in [-0.3, -0.25) is 10.1 Å². The van der Waals surface area contributed by atoms with Gasteiger partial charge in [-0.05, 0) is 42.8 Å². The van der Waals surface area contributed by atoms with Crippen LogP contribution in [0.5, 0.6) is 11.5 Å². The molecule has 0 aromatic heterocycles. The molecule has 6 nitrogen and oxygen atoms in total. The van der Waals surface area contributed by atoms with E-state index in [0.717, 1.165) is 0 Å². The lowest BCUT2D eigenvalue weighted by Gasteiger charge is -2.07. The molecule has 0 fully saturated rings. The summed E-state index contributed by atoms with van der Waals surface area (Å²) in [7, 11) is 0. The molecule has 0 bridgehead atoms. The van der Waals surface area contributed by atoms with E-state index in [9.17, 15) is 23.7 Å². The van der Waals surface area contributed by atoms with Gasteiger partial charge in [0.1, 0.15) is 5.75 Å². The zero-order valence-electron chi connectivity index (χ0n) is 11.9. The molecule has 2 aromatic rings. The number of carbonyl (C=O) groups excluding carboxylic acids is 1. The van der Waals surface area contributed by atoms with Crippen molar-refractivity contribution < 1.29 is 28.0 Å². The van der Waals surface area contributed by atoms with Crippen molar-refractivity contribution in [2.45, 2.75) is 13.5 Å². The Morgan fingerprint density at radius 1 is 1.17 bits per heavy atom. The molecule has 0 aliphatic carbocycles. The summed E-state index contributed by atoms with van der Waals surface area (Å²) in [6.07, 6.45) is 0. The van der Waals surface area contributed by atoms with Crippen LogP contribution in [-0.4, -0.2) is 17.5 Å². The Balaban J connectivity index is 2.19. The largest absolute Gasteiger partial charge is 0.435 e. The molecule has 0 spiro atoms. The number of alkyl halides is 2. The average molecular weight is 323 g/mol. The highest BCUT2D eigenvalue weighted by Gasteiger charge is 2.19. The Bertz CT molecular complexity index is 731. The number of hydrogen-bond acceptors (Lipinski definition) is 5. The van der Waals surface area contributed by atoms with Gasteiger partial charge >= 0.3 is 18.3 Å². The van der Waals surface area contributed by atoms with Gasteiger partial charge in [-0.1, -0.05) is 6.07 Å². The number of rotatable bonds is 5. The van der Waals surface area contributed by atoms with Crippen LogP contribution in [0.1, 0.15) is 15.9 Å². The molecule has 2 rings (SSSR count). The molecule has 120 valence electrons. The lowest BCUT2D eigenvalue weighted by atomic mass is 10.2. The minimum Gasteiger partial charge on any atom is -0.435 e. The number of ether oxygens (including phenoxy) is 2. The van der Waals surface area contributed by atoms with Crippen molar-refractivity contribution in [1.82, 2.24) is 0 Å². The summed E-state index contributed by atoms with van der Waals surface area (Å²) in [5, 5.41) is 10.9. The predicted octanol–water partition coefficient (Wildman–Crippen LogP) is 3.72. The van der Waals surface area contributed by atoms with Gasteiger partial charge in [0.25, 0.3) is 0 Å². The van der Waals surface area contributed by atoms with Crippen molar-refractivity contribution in [2.75, 3.05) is 0 Å². The molecule has 0 aliphatic rings. The maximum absolute atomic E-state index is 12.0. The van der Waals surface area contributed by atoms with Crippen LogP contribution in [0, 0.1) is 17.0 Å². The number of carbonyl (C=O) groups is 1. The summed E-state index contributed by atoms with van der Waals surface area (Å²) >= 11 is 0. The third kappa shape index (κ3) is 4.22. The third-order valence-electron chi connectivity index (χ3n) is 2.83. The number of halogens is 2. The Morgan fingerprint density at radius 3 is 2.39 bits per heavy atom. The van der Waals surface area contributed by atoms with Crippen molar-refractivity contribution >= 4 is 11.7 Å². The SMILES string of the molecule is Cc1ccc([N+](=O)[O-])c(OC(=O)c2ccc(OC(F)F)cc2)c1. The number of nitrogens with zero attached hydrogens (tertiary/aromatic N) is 1. The molecule has 0 heterocycles. The molecule has 23 heavy (non-hydrogen) atoms. The number of nitro groups is 1. The van der Waals surface area contributed by atoms with Crippen molar-refractivity contribution in [2.24, 2.45) is 0 Å². The van der Waals surface area contributed by atoms with Gasteiger partial charge in [-0.2, -0.15) is 8.78 Å². The highest BCUT2D eigenvalue weighted by atomic mass is 19.3. The first-order valence-electron chi connectivity index (χ1n) is 6.39. The summed E-state index contributed by atoms with van der Waals surface area (Å²) in [5.41, 5.74) is 0.378. The number of nitro benzene ring substituents is 1. The second-order valence-corrected chi connectivity index (χ2v) is 4.52. The average Bonchev–Trinajstić information content (AvgIpc) is 2.47.